The molecule has 0 radical (unpaired) electrons. The minimum atomic E-state index is 0. The van der Waals surface area contributed by atoms with Crippen molar-refractivity contribution in [2.24, 2.45) is 0 Å². The Kier molecular flexibility index (Phi) is 4.27. The summed E-state index contributed by atoms with van der Waals surface area (Å²) >= 11 is 0. The minimum Gasteiger partial charge on any atom is -1.00 e. The van der Waals surface area contributed by atoms with Gasteiger partial charge >= 0.3 is 0 Å². The van der Waals surface area contributed by atoms with Crippen LogP contribution < -0.4 is 33.4 Å². The Balaban J connectivity index is 0.00000156. The largest absolute Gasteiger partial charge is 1.00 e. The van der Waals surface area contributed by atoms with Crippen LogP contribution in [-0.4, -0.2) is 13.2 Å². The second kappa shape index (κ2) is 5.95. The third-order valence-corrected chi connectivity index (χ3v) is 5.08. The molecular formula is C20H23IN2. The molecule has 2 heterocycles. The molecule has 0 spiro atoms. The average Bonchev–Trinajstić information content (AvgIpc) is 2.46. The van der Waals surface area contributed by atoms with Crippen LogP contribution in [0.2, 0.25) is 0 Å². The molecule has 120 valence electrons. The summed E-state index contributed by atoms with van der Waals surface area (Å²) in [4.78, 5) is 2.55. The predicted molar refractivity (Wildman–Crippen MR) is 94.0 cm³/mol. The van der Waals surface area contributed by atoms with Gasteiger partial charge in [0.2, 0.25) is 0 Å². The topological polar surface area (TPSA) is 3.24 Å². The molecule has 4 rings (SSSR count). The van der Waals surface area contributed by atoms with Gasteiger partial charge in [-0.2, -0.15) is 0 Å². The highest BCUT2D eigenvalue weighted by Crippen LogP contribution is 2.43. The fourth-order valence-corrected chi connectivity index (χ4v) is 4.20. The van der Waals surface area contributed by atoms with Crippen molar-refractivity contribution in [1.82, 2.24) is 4.48 Å². The molecule has 2 aliphatic rings. The third kappa shape index (κ3) is 2.60. The number of benzene rings is 2. The number of rotatable bonds is 2. The van der Waals surface area contributed by atoms with Crippen molar-refractivity contribution < 1.29 is 24.0 Å². The Morgan fingerprint density at radius 1 is 1.09 bits per heavy atom. The van der Waals surface area contributed by atoms with E-state index in [4.69, 9.17) is 0 Å². The van der Waals surface area contributed by atoms with E-state index in [1.54, 1.807) is 0 Å². The van der Waals surface area contributed by atoms with Crippen LogP contribution in [0.5, 0.6) is 0 Å². The first kappa shape index (κ1) is 16.5. The number of aryl methyl sites for hydroxylation is 2. The Bertz CT molecular complexity index is 768. The lowest BCUT2D eigenvalue weighted by atomic mass is 9.96. The second-order valence-electron chi connectivity index (χ2n) is 6.88. The van der Waals surface area contributed by atoms with Gasteiger partial charge in [0.25, 0.3) is 0 Å². The van der Waals surface area contributed by atoms with E-state index in [-0.39, 0.29) is 24.0 Å². The van der Waals surface area contributed by atoms with E-state index in [0.29, 0.717) is 0 Å². The van der Waals surface area contributed by atoms with E-state index < -0.39 is 0 Å². The Labute approximate surface area is 156 Å². The van der Waals surface area contributed by atoms with Crippen molar-refractivity contribution in [2.45, 2.75) is 26.9 Å². The van der Waals surface area contributed by atoms with Crippen molar-refractivity contribution in [3.63, 3.8) is 0 Å². The van der Waals surface area contributed by atoms with Gasteiger partial charge in [0.1, 0.15) is 18.8 Å². The van der Waals surface area contributed by atoms with Crippen molar-refractivity contribution in [3.8, 4) is 0 Å². The summed E-state index contributed by atoms with van der Waals surface area (Å²) in [6, 6.07) is 13.8. The van der Waals surface area contributed by atoms with E-state index in [1.165, 1.54) is 33.6 Å². The number of anilines is 1. The molecular weight excluding hydrogens is 395 g/mol. The Morgan fingerprint density at radius 3 is 2.52 bits per heavy atom. The van der Waals surface area contributed by atoms with Crippen LogP contribution in [0.3, 0.4) is 0 Å². The van der Waals surface area contributed by atoms with Gasteiger partial charge < -0.3 is 28.9 Å². The molecule has 0 amide bonds. The van der Waals surface area contributed by atoms with E-state index >= 15 is 0 Å². The number of nitrogens with zero attached hydrogens (tertiary/aromatic N) is 2. The molecule has 1 atom stereocenters. The molecule has 0 aromatic heterocycles. The normalized spacial score (nSPS) is 21.0. The van der Waals surface area contributed by atoms with E-state index in [9.17, 15) is 0 Å². The van der Waals surface area contributed by atoms with Crippen molar-refractivity contribution in [2.75, 3.05) is 18.1 Å². The molecule has 0 fully saturated rings. The average molecular weight is 418 g/mol. The molecule has 3 heteroatoms. The number of halogens is 1. The standard InChI is InChI=1S/C20H23N2.HI/c1-4-9-22-13-18-11-15(2)5-7-19(18)21(14-22)12-17-10-16(3)6-8-20(17)22;/h4-8,10-11H,1,9,12-14H2,2-3H3;1H/q+1;/p-1. The predicted octanol–water partition coefficient (Wildman–Crippen LogP) is 1.29. The maximum Gasteiger partial charge on any atom is 0.160 e. The molecule has 2 nitrogen and oxygen atoms in total. The third-order valence-electron chi connectivity index (χ3n) is 5.08. The van der Waals surface area contributed by atoms with Crippen LogP contribution in [-0.2, 0) is 13.1 Å². The Morgan fingerprint density at radius 2 is 1.78 bits per heavy atom. The van der Waals surface area contributed by atoms with Crippen molar-refractivity contribution in [3.05, 3.63) is 71.3 Å². The van der Waals surface area contributed by atoms with Crippen LogP contribution in [0.4, 0.5) is 11.4 Å². The van der Waals surface area contributed by atoms with Crippen LogP contribution in [0.25, 0.3) is 0 Å². The zero-order valence-corrected chi connectivity index (χ0v) is 16.0. The Hall–Kier alpha value is -1.33. The number of hydrogen-bond donors (Lipinski definition) is 0. The summed E-state index contributed by atoms with van der Waals surface area (Å²) in [6.07, 6.45) is 2.08. The highest BCUT2D eigenvalue weighted by Gasteiger charge is 2.43. The first-order chi connectivity index (χ1) is 10.6. The zero-order valence-electron chi connectivity index (χ0n) is 13.8. The lowest BCUT2D eigenvalue weighted by Crippen LogP contribution is -3.00. The fraction of sp³-hybridized carbons (Fsp3) is 0.300. The fourth-order valence-electron chi connectivity index (χ4n) is 4.20. The van der Waals surface area contributed by atoms with Gasteiger partial charge in [0, 0.05) is 11.1 Å². The molecule has 0 saturated heterocycles. The van der Waals surface area contributed by atoms with Gasteiger partial charge in [-0.15, -0.1) is 0 Å². The van der Waals surface area contributed by atoms with Gasteiger partial charge in [0.15, 0.2) is 6.67 Å². The molecule has 0 saturated carbocycles. The van der Waals surface area contributed by atoms with Crippen LogP contribution in [0.1, 0.15) is 22.3 Å². The van der Waals surface area contributed by atoms with E-state index in [0.717, 1.165) is 30.8 Å². The first-order valence-electron chi connectivity index (χ1n) is 8.03. The van der Waals surface area contributed by atoms with E-state index in [2.05, 4.69) is 67.8 Å². The molecule has 1 unspecified atom stereocenters. The number of fused-ring (bicyclic) bond motifs is 6. The summed E-state index contributed by atoms with van der Waals surface area (Å²) < 4.78 is 0.982. The summed E-state index contributed by atoms with van der Waals surface area (Å²) in [7, 11) is 0. The minimum absolute atomic E-state index is 0. The summed E-state index contributed by atoms with van der Waals surface area (Å²) in [5.74, 6) is 0. The van der Waals surface area contributed by atoms with Gasteiger partial charge in [0.05, 0.1) is 12.2 Å². The lowest BCUT2D eigenvalue weighted by Gasteiger charge is -2.50. The van der Waals surface area contributed by atoms with E-state index in [1.807, 2.05) is 0 Å². The smallest absolute Gasteiger partial charge is 0.160 e. The monoisotopic (exact) mass is 418 g/mol. The molecule has 0 N–H and O–H groups in total. The summed E-state index contributed by atoms with van der Waals surface area (Å²) in [6.45, 7) is 12.5. The molecule has 2 bridgehead atoms. The van der Waals surface area contributed by atoms with Gasteiger partial charge in [-0.25, -0.2) is 0 Å². The second-order valence-corrected chi connectivity index (χ2v) is 6.88. The molecule has 2 aliphatic heterocycles. The SMILES string of the molecule is C=CC[N+]12Cc3cc(C)ccc3N(Cc3cc(C)ccc31)C2.[I-]. The quantitative estimate of drug-likeness (QED) is 0.404. The first-order valence-corrected chi connectivity index (χ1v) is 8.03. The summed E-state index contributed by atoms with van der Waals surface area (Å²) in [5.41, 5.74) is 8.53. The van der Waals surface area contributed by atoms with Crippen molar-refractivity contribution >= 4 is 11.4 Å². The van der Waals surface area contributed by atoms with Gasteiger partial charge in [-0.05, 0) is 44.2 Å². The van der Waals surface area contributed by atoms with Crippen LogP contribution in [0.15, 0.2) is 49.1 Å². The maximum atomic E-state index is 4.03. The van der Waals surface area contributed by atoms with Gasteiger partial charge in [-0.1, -0.05) is 29.8 Å². The van der Waals surface area contributed by atoms with Crippen molar-refractivity contribution in [1.29, 1.82) is 0 Å². The lowest BCUT2D eigenvalue weighted by molar-refractivity contribution is -0.00000470. The molecule has 2 aromatic rings. The number of quaternary nitrogens is 1. The van der Waals surface area contributed by atoms with Gasteiger partial charge in [-0.3, -0.25) is 4.48 Å². The van der Waals surface area contributed by atoms with Crippen LogP contribution in [0, 0.1) is 13.8 Å². The summed E-state index contributed by atoms with van der Waals surface area (Å²) in [5, 5.41) is 0. The number of hydrogen-bond acceptors (Lipinski definition) is 1. The maximum absolute atomic E-state index is 4.03. The molecule has 2 aromatic carbocycles. The highest BCUT2D eigenvalue weighted by molar-refractivity contribution is 5.66. The van der Waals surface area contributed by atoms with Crippen LogP contribution >= 0.6 is 0 Å². The highest BCUT2D eigenvalue weighted by atomic mass is 127. The molecule has 0 aliphatic carbocycles. The molecule has 23 heavy (non-hydrogen) atoms. The zero-order chi connectivity index (χ0) is 15.3.